The van der Waals surface area contributed by atoms with Crippen LogP contribution in [0.15, 0.2) is 54.1 Å². The van der Waals surface area contributed by atoms with Crippen LogP contribution in [0.2, 0.25) is 0 Å². The Morgan fingerprint density at radius 1 is 1.16 bits per heavy atom. The number of aliphatic hydroxyl groups excluding tert-OH is 1. The Kier molecular flexibility index (Phi) is 7.01. The van der Waals surface area contributed by atoms with E-state index in [4.69, 9.17) is 5.11 Å². The first-order valence-electron chi connectivity index (χ1n) is 10.6. The summed E-state index contributed by atoms with van der Waals surface area (Å²) in [7, 11) is 5.99. The molecule has 1 unspecified atom stereocenters. The summed E-state index contributed by atoms with van der Waals surface area (Å²) in [6, 6.07) is 18.7. The van der Waals surface area contributed by atoms with Gasteiger partial charge in [-0.1, -0.05) is 25.1 Å². The van der Waals surface area contributed by atoms with Crippen molar-refractivity contribution >= 4 is 27.9 Å². The zero-order valence-corrected chi connectivity index (χ0v) is 19.3. The standard InChI is InChI=1S/C26H30N4O2/c1-17(16-31)15-28-26(32)23(14-27)18(2)24-10-11-25(30(24)5)21-7-6-20-13-22(29(3)4)9-8-19(20)12-21/h6-13,17,31H,15-16H2,1-5H3,(H,28,32)/b23-18+. The van der Waals surface area contributed by atoms with Gasteiger partial charge in [-0.15, -0.1) is 0 Å². The van der Waals surface area contributed by atoms with Crippen molar-refractivity contribution in [1.29, 1.82) is 5.26 Å². The normalized spacial score (nSPS) is 12.8. The zero-order valence-electron chi connectivity index (χ0n) is 19.3. The van der Waals surface area contributed by atoms with Gasteiger partial charge >= 0.3 is 0 Å². The fraction of sp³-hybridized carbons (Fsp3) is 0.308. The molecule has 0 saturated carbocycles. The molecule has 3 rings (SSSR count). The van der Waals surface area contributed by atoms with Gasteiger partial charge in [-0.05, 0) is 65.1 Å². The van der Waals surface area contributed by atoms with Gasteiger partial charge in [0.25, 0.3) is 5.91 Å². The predicted molar refractivity (Wildman–Crippen MR) is 130 cm³/mol. The molecule has 1 aromatic heterocycles. The van der Waals surface area contributed by atoms with E-state index in [1.54, 1.807) is 6.92 Å². The van der Waals surface area contributed by atoms with Crippen LogP contribution in [-0.4, -0.2) is 42.8 Å². The molecule has 0 aliphatic heterocycles. The molecule has 166 valence electrons. The van der Waals surface area contributed by atoms with Crippen LogP contribution in [0.1, 0.15) is 19.5 Å². The summed E-state index contributed by atoms with van der Waals surface area (Å²) in [5.41, 5.74) is 4.73. The van der Waals surface area contributed by atoms with Crippen LogP contribution < -0.4 is 10.2 Å². The van der Waals surface area contributed by atoms with Gasteiger partial charge in [-0.2, -0.15) is 5.26 Å². The number of allylic oxidation sites excluding steroid dienone is 1. The second kappa shape index (κ2) is 9.71. The van der Waals surface area contributed by atoms with E-state index in [1.807, 2.05) is 50.8 Å². The smallest absolute Gasteiger partial charge is 0.262 e. The number of benzene rings is 2. The van der Waals surface area contributed by atoms with Crippen LogP contribution in [-0.2, 0) is 11.8 Å². The molecule has 0 radical (unpaired) electrons. The van der Waals surface area contributed by atoms with E-state index in [0.717, 1.165) is 28.0 Å². The summed E-state index contributed by atoms with van der Waals surface area (Å²) < 4.78 is 2.01. The van der Waals surface area contributed by atoms with Crippen LogP contribution in [0.3, 0.4) is 0 Å². The van der Waals surface area contributed by atoms with Gasteiger partial charge in [0.2, 0.25) is 0 Å². The third kappa shape index (κ3) is 4.68. The Labute approximate surface area is 189 Å². The van der Waals surface area contributed by atoms with Crippen LogP contribution >= 0.6 is 0 Å². The molecule has 1 heterocycles. The van der Waals surface area contributed by atoms with Crippen molar-refractivity contribution in [3.8, 4) is 17.3 Å². The third-order valence-electron chi connectivity index (χ3n) is 5.78. The number of fused-ring (bicyclic) bond motifs is 1. The molecule has 6 heteroatoms. The quantitative estimate of drug-likeness (QED) is 0.439. The molecule has 1 amide bonds. The molecule has 0 aliphatic rings. The number of aromatic nitrogens is 1. The molecule has 0 fully saturated rings. The van der Waals surface area contributed by atoms with Crippen molar-refractivity contribution in [2.75, 3.05) is 32.1 Å². The fourth-order valence-electron chi connectivity index (χ4n) is 3.70. The molecular formula is C26H30N4O2. The van der Waals surface area contributed by atoms with Gasteiger partial charge in [0.1, 0.15) is 11.6 Å². The van der Waals surface area contributed by atoms with Gasteiger partial charge < -0.3 is 19.9 Å². The van der Waals surface area contributed by atoms with Gasteiger partial charge in [-0.25, -0.2) is 0 Å². The second-order valence-electron chi connectivity index (χ2n) is 8.41. The third-order valence-corrected chi connectivity index (χ3v) is 5.78. The highest BCUT2D eigenvalue weighted by molar-refractivity contribution is 6.04. The lowest BCUT2D eigenvalue weighted by Crippen LogP contribution is -2.30. The van der Waals surface area contributed by atoms with Crippen molar-refractivity contribution in [1.82, 2.24) is 9.88 Å². The van der Waals surface area contributed by atoms with E-state index in [2.05, 4.69) is 46.6 Å². The molecule has 2 N–H and O–H groups in total. The first kappa shape index (κ1) is 23.1. The van der Waals surface area contributed by atoms with Crippen LogP contribution in [0.4, 0.5) is 5.69 Å². The Morgan fingerprint density at radius 2 is 1.84 bits per heavy atom. The topological polar surface area (TPSA) is 81.3 Å². The average Bonchev–Trinajstić information content (AvgIpc) is 3.18. The second-order valence-corrected chi connectivity index (χ2v) is 8.41. The first-order chi connectivity index (χ1) is 15.3. The van der Waals surface area contributed by atoms with Crippen LogP contribution in [0.5, 0.6) is 0 Å². The highest BCUT2D eigenvalue weighted by Gasteiger charge is 2.17. The summed E-state index contributed by atoms with van der Waals surface area (Å²) >= 11 is 0. The minimum Gasteiger partial charge on any atom is -0.396 e. The van der Waals surface area contributed by atoms with E-state index in [9.17, 15) is 10.1 Å². The van der Waals surface area contributed by atoms with Crippen LogP contribution in [0.25, 0.3) is 27.6 Å². The number of anilines is 1. The minimum atomic E-state index is -0.421. The van der Waals surface area contributed by atoms with Crippen molar-refractivity contribution in [2.24, 2.45) is 13.0 Å². The first-order valence-corrected chi connectivity index (χ1v) is 10.6. The Hall–Kier alpha value is -3.56. The average molecular weight is 431 g/mol. The lowest BCUT2D eigenvalue weighted by Gasteiger charge is -2.14. The Bertz CT molecular complexity index is 1210. The fourth-order valence-corrected chi connectivity index (χ4v) is 3.70. The molecule has 0 spiro atoms. The molecule has 3 aromatic rings. The minimum absolute atomic E-state index is 0.0196. The van der Waals surface area contributed by atoms with Crippen LogP contribution in [0, 0.1) is 17.2 Å². The summed E-state index contributed by atoms with van der Waals surface area (Å²) in [5, 5.41) is 23.8. The SMILES string of the molecule is C/C(=C(/C#N)C(=O)NCC(C)CO)c1ccc(-c2ccc3cc(N(C)C)ccc3c2)n1C. The zero-order chi connectivity index (χ0) is 23.4. The molecule has 2 aromatic carbocycles. The number of carbonyl (C=O) groups excluding carboxylic acids is 1. The monoisotopic (exact) mass is 430 g/mol. The van der Waals surface area contributed by atoms with Crippen molar-refractivity contribution in [3.63, 3.8) is 0 Å². The Balaban J connectivity index is 1.94. The Morgan fingerprint density at radius 3 is 2.50 bits per heavy atom. The number of rotatable bonds is 7. The number of nitrogens with one attached hydrogen (secondary N) is 1. The maximum absolute atomic E-state index is 12.5. The van der Waals surface area contributed by atoms with Gasteiger partial charge in [0.05, 0.1) is 0 Å². The van der Waals surface area contributed by atoms with Crippen molar-refractivity contribution in [3.05, 3.63) is 59.8 Å². The summed E-state index contributed by atoms with van der Waals surface area (Å²) in [6.07, 6.45) is 0. The summed E-state index contributed by atoms with van der Waals surface area (Å²) in [6.45, 7) is 3.92. The number of nitrogens with zero attached hydrogens (tertiary/aromatic N) is 3. The molecular weight excluding hydrogens is 400 g/mol. The van der Waals surface area contributed by atoms with E-state index in [0.29, 0.717) is 12.1 Å². The highest BCUT2D eigenvalue weighted by Crippen LogP contribution is 2.30. The summed E-state index contributed by atoms with van der Waals surface area (Å²) in [5.74, 6) is -0.488. The van der Waals surface area contributed by atoms with Gasteiger partial charge in [0.15, 0.2) is 0 Å². The van der Waals surface area contributed by atoms with Crippen molar-refractivity contribution in [2.45, 2.75) is 13.8 Å². The van der Waals surface area contributed by atoms with E-state index in [1.165, 1.54) is 5.39 Å². The maximum atomic E-state index is 12.5. The van der Waals surface area contributed by atoms with Gasteiger partial charge in [0, 0.05) is 51.4 Å². The van der Waals surface area contributed by atoms with E-state index in [-0.39, 0.29) is 18.1 Å². The lowest BCUT2D eigenvalue weighted by atomic mass is 10.0. The largest absolute Gasteiger partial charge is 0.396 e. The molecule has 0 saturated heterocycles. The predicted octanol–water partition coefficient (Wildman–Crippen LogP) is 3.95. The number of hydrogen-bond donors (Lipinski definition) is 2. The molecule has 32 heavy (non-hydrogen) atoms. The molecule has 0 aliphatic carbocycles. The van der Waals surface area contributed by atoms with E-state index < -0.39 is 5.91 Å². The molecule has 1 atom stereocenters. The number of amides is 1. The number of aliphatic hydroxyl groups is 1. The summed E-state index contributed by atoms with van der Waals surface area (Å²) in [4.78, 5) is 14.6. The number of carbonyl (C=O) groups is 1. The number of hydrogen-bond acceptors (Lipinski definition) is 4. The van der Waals surface area contributed by atoms with E-state index >= 15 is 0 Å². The van der Waals surface area contributed by atoms with Gasteiger partial charge in [-0.3, -0.25) is 4.79 Å². The molecule has 6 nitrogen and oxygen atoms in total. The van der Waals surface area contributed by atoms with Crippen molar-refractivity contribution < 1.29 is 9.90 Å². The maximum Gasteiger partial charge on any atom is 0.262 e. The molecule has 0 bridgehead atoms. The lowest BCUT2D eigenvalue weighted by molar-refractivity contribution is -0.117. The highest BCUT2D eigenvalue weighted by atomic mass is 16.3. The number of nitriles is 1.